The second-order valence-corrected chi connectivity index (χ2v) is 6.82. The lowest BCUT2D eigenvalue weighted by molar-refractivity contribution is 0.0951. The number of aliphatic hydroxyl groups is 1. The van der Waals surface area contributed by atoms with Crippen molar-refractivity contribution in [1.82, 2.24) is 10.3 Å². The Labute approximate surface area is 136 Å². The molecular weight excluding hydrogens is 316 g/mol. The van der Waals surface area contributed by atoms with E-state index in [1.165, 1.54) is 22.7 Å². The predicted octanol–water partition coefficient (Wildman–Crippen LogP) is 3.22. The lowest BCUT2D eigenvalue weighted by Gasteiger charge is -2.05. The van der Waals surface area contributed by atoms with Crippen molar-refractivity contribution in [3.63, 3.8) is 0 Å². The first-order valence-corrected chi connectivity index (χ1v) is 8.42. The minimum absolute atomic E-state index is 0.129. The van der Waals surface area contributed by atoms with E-state index in [0.717, 1.165) is 14.6 Å². The summed E-state index contributed by atoms with van der Waals surface area (Å²) in [6.07, 6.45) is 2.60. The van der Waals surface area contributed by atoms with Crippen molar-refractivity contribution < 1.29 is 9.90 Å². The summed E-state index contributed by atoms with van der Waals surface area (Å²) in [4.78, 5) is 18.7. The number of rotatable bonds is 5. The van der Waals surface area contributed by atoms with Crippen molar-refractivity contribution in [1.29, 1.82) is 0 Å². The molecule has 3 heterocycles. The van der Waals surface area contributed by atoms with Crippen LogP contribution in [0.5, 0.6) is 0 Å². The summed E-state index contributed by atoms with van der Waals surface area (Å²) in [5, 5.41) is 15.1. The lowest BCUT2D eigenvalue weighted by Crippen LogP contribution is -2.22. The van der Waals surface area contributed by atoms with Crippen molar-refractivity contribution in [3.8, 4) is 0 Å². The SMILES string of the molecule is O=C(NCc1ccc(C(O)c2cccs2)s1)c1ccncc1. The van der Waals surface area contributed by atoms with Crippen LogP contribution in [0, 0.1) is 0 Å². The molecule has 0 aromatic carbocycles. The molecule has 0 aliphatic rings. The van der Waals surface area contributed by atoms with Gasteiger partial charge in [-0.1, -0.05) is 6.07 Å². The van der Waals surface area contributed by atoms with E-state index in [2.05, 4.69) is 10.3 Å². The number of carbonyl (C=O) groups excluding carboxylic acids is 1. The number of nitrogens with zero attached hydrogens (tertiary/aromatic N) is 1. The maximum absolute atomic E-state index is 12.0. The number of aromatic nitrogens is 1. The highest BCUT2D eigenvalue weighted by Gasteiger charge is 2.14. The molecule has 0 radical (unpaired) electrons. The van der Waals surface area contributed by atoms with Gasteiger partial charge in [0.05, 0.1) is 6.54 Å². The van der Waals surface area contributed by atoms with Gasteiger partial charge >= 0.3 is 0 Å². The third-order valence-electron chi connectivity index (χ3n) is 3.13. The van der Waals surface area contributed by atoms with E-state index in [0.29, 0.717) is 12.1 Å². The fourth-order valence-corrected chi connectivity index (χ4v) is 3.76. The molecule has 1 unspecified atom stereocenters. The molecule has 4 nitrogen and oxygen atoms in total. The monoisotopic (exact) mass is 330 g/mol. The summed E-state index contributed by atoms with van der Waals surface area (Å²) >= 11 is 3.04. The molecule has 1 atom stereocenters. The summed E-state index contributed by atoms with van der Waals surface area (Å²) in [6, 6.07) is 11.0. The quantitative estimate of drug-likeness (QED) is 0.755. The van der Waals surface area contributed by atoms with Crippen molar-refractivity contribution in [3.05, 3.63) is 74.4 Å². The number of nitrogens with one attached hydrogen (secondary N) is 1. The van der Waals surface area contributed by atoms with Crippen LogP contribution in [0.2, 0.25) is 0 Å². The van der Waals surface area contributed by atoms with Crippen LogP contribution < -0.4 is 5.32 Å². The Hall–Kier alpha value is -2.02. The van der Waals surface area contributed by atoms with Crippen molar-refractivity contribution in [2.45, 2.75) is 12.6 Å². The maximum Gasteiger partial charge on any atom is 0.251 e. The molecule has 3 aromatic rings. The summed E-state index contributed by atoms with van der Waals surface area (Å²) in [6.45, 7) is 0.447. The first-order valence-electron chi connectivity index (χ1n) is 6.72. The van der Waals surface area contributed by atoms with Gasteiger partial charge in [-0.05, 0) is 35.7 Å². The number of hydrogen-bond donors (Lipinski definition) is 2. The van der Waals surface area contributed by atoms with E-state index in [1.807, 2.05) is 29.6 Å². The molecule has 0 saturated heterocycles. The standard InChI is InChI=1S/C16H14N2O2S2/c19-15(13-2-1-9-21-13)14-4-3-12(22-14)10-18-16(20)11-5-7-17-8-6-11/h1-9,15,19H,10H2,(H,18,20). The average molecular weight is 330 g/mol. The van der Waals surface area contributed by atoms with Crippen LogP contribution in [-0.2, 0) is 6.54 Å². The molecule has 22 heavy (non-hydrogen) atoms. The first kappa shape index (κ1) is 14.9. The molecule has 2 N–H and O–H groups in total. The summed E-state index contributed by atoms with van der Waals surface area (Å²) < 4.78 is 0. The topological polar surface area (TPSA) is 62.2 Å². The van der Waals surface area contributed by atoms with Crippen LogP contribution in [-0.4, -0.2) is 16.0 Å². The van der Waals surface area contributed by atoms with Gasteiger partial charge in [0, 0.05) is 32.6 Å². The number of amides is 1. The highest BCUT2D eigenvalue weighted by molar-refractivity contribution is 7.12. The Morgan fingerprint density at radius 3 is 2.73 bits per heavy atom. The molecule has 112 valence electrons. The second-order valence-electron chi connectivity index (χ2n) is 4.64. The molecule has 3 rings (SSSR count). The normalized spacial score (nSPS) is 12.0. The van der Waals surface area contributed by atoms with Crippen LogP contribution in [0.3, 0.4) is 0 Å². The van der Waals surface area contributed by atoms with Crippen molar-refractivity contribution >= 4 is 28.6 Å². The van der Waals surface area contributed by atoms with E-state index in [9.17, 15) is 9.90 Å². The van der Waals surface area contributed by atoms with E-state index in [-0.39, 0.29) is 5.91 Å². The Kier molecular flexibility index (Phi) is 4.62. The van der Waals surface area contributed by atoms with Gasteiger partial charge in [-0.25, -0.2) is 0 Å². The molecule has 0 spiro atoms. The largest absolute Gasteiger partial charge is 0.382 e. The van der Waals surface area contributed by atoms with Gasteiger partial charge in [-0.2, -0.15) is 0 Å². The molecule has 0 bridgehead atoms. The minimum atomic E-state index is -0.588. The van der Waals surface area contributed by atoms with Crippen LogP contribution in [0.4, 0.5) is 0 Å². The third kappa shape index (κ3) is 3.41. The number of carbonyl (C=O) groups is 1. The van der Waals surface area contributed by atoms with Crippen molar-refractivity contribution in [2.24, 2.45) is 0 Å². The van der Waals surface area contributed by atoms with E-state index in [4.69, 9.17) is 0 Å². The Morgan fingerprint density at radius 1 is 1.18 bits per heavy atom. The number of thiophene rings is 2. The number of aliphatic hydroxyl groups excluding tert-OH is 1. The molecular formula is C16H14N2O2S2. The van der Waals surface area contributed by atoms with Gasteiger partial charge < -0.3 is 10.4 Å². The second kappa shape index (κ2) is 6.83. The van der Waals surface area contributed by atoms with Crippen LogP contribution in [0.1, 0.15) is 31.1 Å². The van der Waals surface area contributed by atoms with Gasteiger partial charge in [0.15, 0.2) is 0 Å². The Bertz CT molecular complexity index is 739. The molecule has 6 heteroatoms. The van der Waals surface area contributed by atoms with Crippen LogP contribution in [0.15, 0.2) is 54.2 Å². The smallest absolute Gasteiger partial charge is 0.251 e. The predicted molar refractivity (Wildman–Crippen MR) is 88.1 cm³/mol. The zero-order valence-corrected chi connectivity index (χ0v) is 13.2. The molecule has 0 aliphatic heterocycles. The fraction of sp³-hybridized carbons (Fsp3) is 0.125. The summed E-state index contributed by atoms with van der Waals surface area (Å²) in [5.74, 6) is -0.129. The number of pyridine rings is 1. The fourth-order valence-electron chi connectivity index (χ4n) is 2.00. The molecule has 1 amide bonds. The maximum atomic E-state index is 12.0. The van der Waals surface area contributed by atoms with Gasteiger partial charge in [0.2, 0.25) is 0 Å². The van der Waals surface area contributed by atoms with E-state index >= 15 is 0 Å². The van der Waals surface area contributed by atoms with Crippen molar-refractivity contribution in [2.75, 3.05) is 0 Å². The first-order chi connectivity index (χ1) is 10.7. The summed E-state index contributed by atoms with van der Waals surface area (Å²) in [5.41, 5.74) is 0.588. The number of hydrogen-bond acceptors (Lipinski definition) is 5. The zero-order valence-electron chi connectivity index (χ0n) is 11.6. The third-order valence-corrected chi connectivity index (χ3v) is 5.19. The average Bonchev–Trinajstić information content (AvgIpc) is 3.24. The van der Waals surface area contributed by atoms with Crippen LogP contribution >= 0.6 is 22.7 Å². The van der Waals surface area contributed by atoms with Gasteiger partial charge in [0.25, 0.3) is 5.91 Å². The van der Waals surface area contributed by atoms with E-state index in [1.54, 1.807) is 24.5 Å². The Balaban J connectivity index is 1.61. The Morgan fingerprint density at radius 2 is 2.00 bits per heavy atom. The molecule has 3 aromatic heterocycles. The van der Waals surface area contributed by atoms with E-state index < -0.39 is 6.10 Å². The molecule has 0 saturated carbocycles. The van der Waals surface area contributed by atoms with Gasteiger partial charge in [-0.15, -0.1) is 22.7 Å². The van der Waals surface area contributed by atoms with Crippen LogP contribution in [0.25, 0.3) is 0 Å². The van der Waals surface area contributed by atoms with Gasteiger partial charge in [-0.3, -0.25) is 9.78 Å². The highest BCUT2D eigenvalue weighted by Crippen LogP contribution is 2.30. The summed E-state index contributed by atoms with van der Waals surface area (Å²) in [7, 11) is 0. The molecule has 0 aliphatic carbocycles. The molecule has 0 fully saturated rings. The minimum Gasteiger partial charge on any atom is -0.382 e. The lowest BCUT2D eigenvalue weighted by atomic mass is 10.2. The highest BCUT2D eigenvalue weighted by atomic mass is 32.1. The van der Waals surface area contributed by atoms with Gasteiger partial charge in [0.1, 0.15) is 6.10 Å². The zero-order chi connectivity index (χ0) is 15.4.